The molecule has 0 saturated carbocycles. The molecule has 29 heavy (non-hydrogen) atoms. The van der Waals surface area contributed by atoms with E-state index in [2.05, 4.69) is 26.3 Å². The minimum atomic E-state index is -0.358. The number of anilines is 1. The van der Waals surface area contributed by atoms with E-state index in [9.17, 15) is 9.18 Å². The van der Waals surface area contributed by atoms with Crippen molar-refractivity contribution in [2.75, 3.05) is 12.4 Å². The van der Waals surface area contributed by atoms with Gasteiger partial charge in [-0.05, 0) is 23.8 Å². The van der Waals surface area contributed by atoms with E-state index in [1.54, 1.807) is 29.1 Å². The summed E-state index contributed by atoms with van der Waals surface area (Å²) in [5, 5.41) is 7.66. The van der Waals surface area contributed by atoms with Crippen molar-refractivity contribution in [2.45, 2.75) is 13.2 Å². The molecule has 5 nitrogen and oxygen atoms in total. The molecule has 0 unspecified atom stereocenters. The normalized spacial score (nSPS) is 11.1. The number of aromatic nitrogens is 2. The molecular weight excluding hydrogens is 457 g/mol. The number of ether oxygens (including phenoxy) is 1. The first kappa shape index (κ1) is 19.8. The zero-order chi connectivity index (χ0) is 20.4. The molecule has 148 valence electrons. The third-order valence-corrected chi connectivity index (χ3v) is 6.46. The van der Waals surface area contributed by atoms with Crippen LogP contribution in [-0.4, -0.2) is 22.8 Å². The molecule has 0 fully saturated rings. The van der Waals surface area contributed by atoms with Crippen LogP contribution in [0.1, 0.15) is 20.8 Å². The summed E-state index contributed by atoms with van der Waals surface area (Å²) in [6.45, 7) is 0.649. The molecule has 0 spiro atoms. The van der Waals surface area contributed by atoms with Crippen LogP contribution in [0.2, 0.25) is 0 Å². The van der Waals surface area contributed by atoms with Crippen LogP contribution in [0.4, 0.5) is 10.2 Å². The number of hydrogen-bond donors (Lipinski definition) is 1. The Labute approximate surface area is 179 Å². The van der Waals surface area contributed by atoms with E-state index in [1.165, 1.54) is 24.5 Å². The summed E-state index contributed by atoms with van der Waals surface area (Å²) >= 11 is 4.78. The van der Waals surface area contributed by atoms with Crippen molar-refractivity contribution < 1.29 is 13.9 Å². The number of nitrogens with one attached hydrogen (secondary N) is 1. The summed E-state index contributed by atoms with van der Waals surface area (Å²) < 4.78 is 23.0. The summed E-state index contributed by atoms with van der Waals surface area (Å²) in [5.74, 6) is -0.109. The monoisotopic (exact) mass is 473 g/mol. The maximum absolute atomic E-state index is 14.4. The van der Waals surface area contributed by atoms with Crippen molar-refractivity contribution in [3.05, 3.63) is 81.0 Å². The highest BCUT2D eigenvalue weighted by Gasteiger charge is 2.21. The average molecular weight is 474 g/mol. The molecule has 2 heterocycles. The Balaban J connectivity index is 1.64. The van der Waals surface area contributed by atoms with Crippen molar-refractivity contribution >= 4 is 49.1 Å². The van der Waals surface area contributed by atoms with Gasteiger partial charge in [0.15, 0.2) is 0 Å². The van der Waals surface area contributed by atoms with Crippen LogP contribution < -0.4 is 5.32 Å². The summed E-state index contributed by atoms with van der Waals surface area (Å²) in [5.41, 5.74) is 1.59. The molecule has 2 aromatic heterocycles. The number of amides is 1. The fourth-order valence-corrected chi connectivity index (χ4v) is 4.69. The van der Waals surface area contributed by atoms with Gasteiger partial charge in [-0.3, -0.25) is 4.79 Å². The predicted molar refractivity (Wildman–Crippen MR) is 116 cm³/mol. The van der Waals surface area contributed by atoms with Gasteiger partial charge < -0.3 is 10.1 Å². The van der Waals surface area contributed by atoms with E-state index in [0.717, 1.165) is 10.0 Å². The van der Waals surface area contributed by atoms with Crippen LogP contribution in [0, 0.1) is 5.82 Å². The lowest BCUT2D eigenvalue weighted by Crippen LogP contribution is -2.16. The lowest BCUT2D eigenvalue weighted by atomic mass is 10.1. The first-order chi connectivity index (χ1) is 14.1. The molecule has 0 aliphatic heterocycles. The Morgan fingerprint density at radius 2 is 2.07 bits per heavy atom. The molecule has 0 saturated heterocycles. The average Bonchev–Trinajstić information content (AvgIpc) is 3.29. The number of methoxy groups -OCH3 is 1. The van der Waals surface area contributed by atoms with Crippen LogP contribution in [0.3, 0.4) is 0 Å². The van der Waals surface area contributed by atoms with E-state index >= 15 is 0 Å². The number of thiophene rings is 1. The van der Waals surface area contributed by atoms with Crippen molar-refractivity contribution in [2.24, 2.45) is 0 Å². The lowest BCUT2D eigenvalue weighted by molar-refractivity contribution is 0.102. The summed E-state index contributed by atoms with van der Waals surface area (Å²) in [6, 6.07) is 14.4. The smallest absolute Gasteiger partial charge is 0.267 e. The zero-order valence-electron chi connectivity index (χ0n) is 15.5. The number of hydrogen-bond acceptors (Lipinski definition) is 4. The van der Waals surface area contributed by atoms with Gasteiger partial charge in [0.2, 0.25) is 0 Å². The maximum Gasteiger partial charge on any atom is 0.267 e. The Morgan fingerprint density at radius 1 is 1.24 bits per heavy atom. The first-order valence-corrected chi connectivity index (χ1v) is 10.4. The molecule has 4 rings (SSSR count). The second kappa shape index (κ2) is 8.44. The van der Waals surface area contributed by atoms with Crippen LogP contribution in [0.25, 0.3) is 10.1 Å². The van der Waals surface area contributed by atoms with Crippen LogP contribution in [0.5, 0.6) is 0 Å². The van der Waals surface area contributed by atoms with Gasteiger partial charge in [-0.25, -0.2) is 9.07 Å². The quantitative estimate of drug-likeness (QED) is 0.405. The van der Waals surface area contributed by atoms with E-state index in [4.69, 9.17) is 4.74 Å². The Bertz CT molecular complexity index is 1190. The second-order valence-corrected chi connectivity index (χ2v) is 8.28. The molecule has 2 aromatic carbocycles. The molecule has 0 atom stereocenters. The van der Waals surface area contributed by atoms with Gasteiger partial charge in [-0.15, -0.1) is 11.3 Å². The first-order valence-electron chi connectivity index (χ1n) is 8.84. The summed E-state index contributed by atoms with van der Waals surface area (Å²) in [4.78, 5) is 13.5. The summed E-state index contributed by atoms with van der Waals surface area (Å²) in [6.07, 6.45) is 1.63. The fraction of sp³-hybridized carbons (Fsp3) is 0.143. The molecule has 4 aromatic rings. The molecule has 1 N–H and O–H groups in total. The minimum Gasteiger partial charge on any atom is -0.380 e. The zero-order valence-corrected chi connectivity index (χ0v) is 17.9. The minimum absolute atomic E-state index is 0.153. The molecular formula is C21H17BrFN3O2S. The number of benzene rings is 2. The van der Waals surface area contributed by atoms with Gasteiger partial charge in [0.25, 0.3) is 5.91 Å². The van der Waals surface area contributed by atoms with Gasteiger partial charge in [-0.2, -0.15) is 5.10 Å². The number of rotatable bonds is 6. The van der Waals surface area contributed by atoms with Gasteiger partial charge >= 0.3 is 0 Å². The topological polar surface area (TPSA) is 56.1 Å². The highest BCUT2D eigenvalue weighted by molar-refractivity contribution is 9.10. The number of carbonyl (C=O) groups excluding carboxylic acids is 1. The summed E-state index contributed by atoms with van der Waals surface area (Å²) in [7, 11) is 1.53. The van der Waals surface area contributed by atoms with Crippen LogP contribution in [0.15, 0.2) is 59.2 Å². The van der Waals surface area contributed by atoms with E-state index in [0.29, 0.717) is 32.9 Å². The number of fused-ring (bicyclic) bond motifs is 1. The number of halogens is 2. The fourth-order valence-electron chi connectivity index (χ4n) is 3.16. The molecule has 0 radical (unpaired) electrons. The highest BCUT2D eigenvalue weighted by Crippen LogP contribution is 2.34. The molecule has 0 aliphatic carbocycles. The molecule has 1 amide bonds. The lowest BCUT2D eigenvalue weighted by Gasteiger charge is -2.10. The SMILES string of the molecule is COCc1c(C(=O)Nc2ccnn2Cc2ccccc2Br)sc2cccc(F)c12. The van der Waals surface area contributed by atoms with E-state index < -0.39 is 0 Å². The van der Waals surface area contributed by atoms with Crippen molar-refractivity contribution in [1.29, 1.82) is 0 Å². The van der Waals surface area contributed by atoms with Crippen LogP contribution >= 0.6 is 27.3 Å². The maximum atomic E-state index is 14.4. The predicted octanol–water partition coefficient (Wildman–Crippen LogP) is 5.45. The van der Waals surface area contributed by atoms with Crippen molar-refractivity contribution in [3.63, 3.8) is 0 Å². The highest BCUT2D eigenvalue weighted by atomic mass is 79.9. The molecule has 0 bridgehead atoms. The largest absolute Gasteiger partial charge is 0.380 e. The van der Waals surface area contributed by atoms with Gasteiger partial charge in [0.1, 0.15) is 11.6 Å². The van der Waals surface area contributed by atoms with Crippen molar-refractivity contribution in [3.8, 4) is 0 Å². The second-order valence-electron chi connectivity index (χ2n) is 6.38. The van der Waals surface area contributed by atoms with Crippen molar-refractivity contribution in [1.82, 2.24) is 9.78 Å². The Morgan fingerprint density at radius 3 is 2.86 bits per heavy atom. The number of carbonyl (C=O) groups is 1. The van der Waals surface area contributed by atoms with E-state index in [1.807, 2.05) is 24.3 Å². The molecule has 8 heteroatoms. The van der Waals surface area contributed by atoms with Crippen LogP contribution in [-0.2, 0) is 17.9 Å². The third-order valence-electron chi connectivity index (χ3n) is 4.49. The van der Waals surface area contributed by atoms with Gasteiger partial charge in [0.05, 0.1) is 24.2 Å². The van der Waals surface area contributed by atoms with Gasteiger partial charge in [-0.1, -0.05) is 40.2 Å². The van der Waals surface area contributed by atoms with E-state index in [-0.39, 0.29) is 18.3 Å². The standard InChI is InChI=1S/C21H17BrFN3O2S/c1-28-12-14-19-16(23)7-4-8-17(19)29-20(14)21(27)25-18-9-10-24-26(18)11-13-5-2-3-6-15(13)22/h2-10H,11-12H2,1H3,(H,25,27). The molecule has 0 aliphatic rings. The Hall–Kier alpha value is -2.55. The Kier molecular flexibility index (Phi) is 5.75. The third kappa shape index (κ3) is 3.96. The number of nitrogens with zero attached hydrogens (tertiary/aromatic N) is 2. The van der Waals surface area contributed by atoms with Gasteiger partial charge in [0, 0.05) is 33.3 Å².